The van der Waals surface area contributed by atoms with Gasteiger partial charge in [-0.2, -0.15) is 5.10 Å². The molecule has 4 nitrogen and oxygen atoms in total. The van der Waals surface area contributed by atoms with Crippen LogP contribution in [0.25, 0.3) is 0 Å². The van der Waals surface area contributed by atoms with Gasteiger partial charge in [0.05, 0.1) is 12.2 Å². The fourth-order valence-electron chi connectivity index (χ4n) is 1.96. The lowest BCUT2D eigenvalue weighted by Gasteiger charge is -2.13. The summed E-state index contributed by atoms with van der Waals surface area (Å²) in [4.78, 5) is 0. The Morgan fingerprint density at radius 1 is 1.38 bits per heavy atom. The Bertz CT molecular complexity index is 508. The van der Waals surface area contributed by atoms with Crippen molar-refractivity contribution >= 4 is 5.82 Å². The Morgan fingerprint density at radius 3 is 2.50 bits per heavy atom. The summed E-state index contributed by atoms with van der Waals surface area (Å²) in [5.41, 5.74) is 8.10. The lowest BCUT2D eigenvalue weighted by Crippen LogP contribution is -2.11. The van der Waals surface area contributed by atoms with Crippen LogP contribution >= 0.6 is 0 Å². The molecule has 2 rings (SSSR count). The van der Waals surface area contributed by atoms with Gasteiger partial charge in [-0.05, 0) is 33.8 Å². The van der Waals surface area contributed by atoms with Crippen LogP contribution < -0.4 is 5.73 Å². The number of aryl methyl sites for hydroxylation is 3. The molecule has 0 spiro atoms. The summed E-state index contributed by atoms with van der Waals surface area (Å²) in [6.45, 7) is 7.94. The largest absolute Gasteiger partial charge is 0.466 e. The van der Waals surface area contributed by atoms with Crippen molar-refractivity contribution in [3.63, 3.8) is 0 Å². The molecule has 16 heavy (non-hydrogen) atoms. The summed E-state index contributed by atoms with van der Waals surface area (Å²) in [6.07, 6.45) is 1.79. The van der Waals surface area contributed by atoms with Crippen molar-refractivity contribution < 1.29 is 4.42 Å². The molecule has 0 aromatic carbocycles. The van der Waals surface area contributed by atoms with E-state index in [1.807, 2.05) is 31.5 Å². The Hall–Kier alpha value is -1.71. The second kappa shape index (κ2) is 3.70. The summed E-state index contributed by atoms with van der Waals surface area (Å²) in [5, 5.41) is 4.29. The average Bonchev–Trinajstić information content (AvgIpc) is 2.71. The van der Waals surface area contributed by atoms with Crippen LogP contribution in [0.5, 0.6) is 0 Å². The lowest BCUT2D eigenvalue weighted by atomic mass is 10.1. The second-order valence-corrected chi connectivity index (χ2v) is 4.20. The highest BCUT2D eigenvalue weighted by Gasteiger charge is 2.17. The number of anilines is 1. The van der Waals surface area contributed by atoms with Gasteiger partial charge in [-0.15, -0.1) is 0 Å². The molecule has 2 heterocycles. The van der Waals surface area contributed by atoms with E-state index in [0.29, 0.717) is 5.82 Å². The number of furan rings is 1. The maximum atomic E-state index is 5.97. The SMILES string of the molecule is Cc1cc(C(C)n2ncc(C)c2N)c(C)o1. The zero-order valence-electron chi connectivity index (χ0n) is 10.1. The third-order valence-corrected chi connectivity index (χ3v) is 2.92. The van der Waals surface area contributed by atoms with E-state index in [1.165, 1.54) is 0 Å². The van der Waals surface area contributed by atoms with Crippen LogP contribution in [0.2, 0.25) is 0 Å². The Kier molecular flexibility index (Phi) is 2.50. The third-order valence-electron chi connectivity index (χ3n) is 2.92. The molecule has 0 aliphatic rings. The van der Waals surface area contributed by atoms with Crippen LogP contribution in [0.1, 0.15) is 35.6 Å². The molecule has 86 valence electrons. The predicted octanol–water partition coefficient (Wildman–Crippen LogP) is 2.59. The topological polar surface area (TPSA) is 57.0 Å². The van der Waals surface area contributed by atoms with Crippen LogP contribution in [0.4, 0.5) is 5.82 Å². The number of nitrogen functional groups attached to an aromatic ring is 1. The Balaban J connectivity index is 2.42. The smallest absolute Gasteiger partial charge is 0.125 e. The van der Waals surface area contributed by atoms with Crippen molar-refractivity contribution in [2.75, 3.05) is 5.73 Å². The molecule has 0 bridgehead atoms. The number of aromatic nitrogens is 2. The molecule has 0 saturated carbocycles. The molecule has 0 aliphatic heterocycles. The molecule has 0 radical (unpaired) electrons. The second-order valence-electron chi connectivity index (χ2n) is 4.20. The highest BCUT2D eigenvalue weighted by molar-refractivity contribution is 5.39. The van der Waals surface area contributed by atoms with Gasteiger partial charge >= 0.3 is 0 Å². The molecule has 2 N–H and O–H groups in total. The molecule has 2 aromatic rings. The first kappa shape index (κ1) is 10.8. The fourth-order valence-corrected chi connectivity index (χ4v) is 1.96. The Morgan fingerprint density at radius 2 is 2.06 bits per heavy atom. The molecule has 0 saturated heterocycles. The summed E-state index contributed by atoms with van der Waals surface area (Å²) in [6, 6.07) is 2.14. The number of hydrogen-bond donors (Lipinski definition) is 1. The monoisotopic (exact) mass is 219 g/mol. The summed E-state index contributed by atoms with van der Waals surface area (Å²) in [7, 11) is 0. The molecule has 0 fully saturated rings. The fraction of sp³-hybridized carbons (Fsp3) is 0.417. The van der Waals surface area contributed by atoms with E-state index in [-0.39, 0.29) is 6.04 Å². The van der Waals surface area contributed by atoms with Crippen LogP contribution in [0, 0.1) is 20.8 Å². The van der Waals surface area contributed by atoms with Crippen molar-refractivity contribution in [3.8, 4) is 0 Å². The molecule has 1 atom stereocenters. The van der Waals surface area contributed by atoms with Crippen molar-refractivity contribution in [2.45, 2.75) is 33.7 Å². The maximum absolute atomic E-state index is 5.97. The number of hydrogen-bond acceptors (Lipinski definition) is 3. The van der Waals surface area contributed by atoms with E-state index in [2.05, 4.69) is 12.0 Å². The van der Waals surface area contributed by atoms with Gasteiger partial charge in [0.15, 0.2) is 0 Å². The third kappa shape index (κ3) is 1.60. The quantitative estimate of drug-likeness (QED) is 0.844. The van der Waals surface area contributed by atoms with Gasteiger partial charge in [-0.1, -0.05) is 0 Å². The van der Waals surface area contributed by atoms with Crippen molar-refractivity contribution in [1.82, 2.24) is 9.78 Å². The van der Waals surface area contributed by atoms with Crippen molar-refractivity contribution in [2.24, 2.45) is 0 Å². The first-order valence-corrected chi connectivity index (χ1v) is 5.37. The number of nitrogens with two attached hydrogens (primary N) is 1. The van der Waals surface area contributed by atoms with E-state index in [1.54, 1.807) is 6.20 Å². The van der Waals surface area contributed by atoms with Gasteiger partial charge in [0.1, 0.15) is 17.3 Å². The zero-order chi connectivity index (χ0) is 11.9. The van der Waals surface area contributed by atoms with E-state index in [0.717, 1.165) is 22.6 Å². The van der Waals surface area contributed by atoms with Crippen LogP contribution in [0.15, 0.2) is 16.7 Å². The minimum atomic E-state index is 0.103. The molecule has 0 aliphatic carbocycles. The van der Waals surface area contributed by atoms with Crippen LogP contribution in [-0.2, 0) is 0 Å². The first-order chi connectivity index (χ1) is 7.50. The standard InChI is InChI=1S/C12H17N3O/c1-7-6-14-15(12(7)13)9(3)11-5-8(2)16-10(11)4/h5-6,9H,13H2,1-4H3. The zero-order valence-corrected chi connectivity index (χ0v) is 10.1. The summed E-state index contributed by atoms with van der Waals surface area (Å²) >= 11 is 0. The Labute approximate surface area is 95.1 Å². The molecular formula is C12H17N3O. The highest BCUT2D eigenvalue weighted by atomic mass is 16.3. The summed E-state index contributed by atoms with van der Waals surface area (Å²) in [5.74, 6) is 2.56. The first-order valence-electron chi connectivity index (χ1n) is 5.37. The van der Waals surface area contributed by atoms with Gasteiger partial charge in [-0.3, -0.25) is 0 Å². The van der Waals surface area contributed by atoms with E-state index in [9.17, 15) is 0 Å². The number of rotatable bonds is 2. The molecule has 4 heteroatoms. The van der Waals surface area contributed by atoms with Crippen LogP contribution in [0.3, 0.4) is 0 Å². The van der Waals surface area contributed by atoms with Crippen molar-refractivity contribution in [3.05, 3.63) is 34.9 Å². The molecular weight excluding hydrogens is 202 g/mol. The van der Waals surface area contributed by atoms with E-state index >= 15 is 0 Å². The minimum Gasteiger partial charge on any atom is -0.466 e. The van der Waals surface area contributed by atoms with E-state index < -0.39 is 0 Å². The van der Waals surface area contributed by atoms with Gasteiger partial charge in [0.2, 0.25) is 0 Å². The molecule has 2 aromatic heterocycles. The van der Waals surface area contributed by atoms with E-state index in [4.69, 9.17) is 10.2 Å². The average molecular weight is 219 g/mol. The predicted molar refractivity (Wildman–Crippen MR) is 63.4 cm³/mol. The normalized spacial score (nSPS) is 13.0. The maximum Gasteiger partial charge on any atom is 0.125 e. The van der Waals surface area contributed by atoms with Gasteiger partial charge in [0.25, 0.3) is 0 Å². The van der Waals surface area contributed by atoms with Gasteiger partial charge < -0.3 is 10.2 Å². The van der Waals surface area contributed by atoms with Gasteiger partial charge in [0, 0.05) is 11.1 Å². The molecule has 0 amide bonds. The highest BCUT2D eigenvalue weighted by Crippen LogP contribution is 2.26. The van der Waals surface area contributed by atoms with Crippen LogP contribution in [-0.4, -0.2) is 9.78 Å². The van der Waals surface area contributed by atoms with Crippen molar-refractivity contribution in [1.29, 1.82) is 0 Å². The lowest BCUT2D eigenvalue weighted by molar-refractivity contribution is 0.489. The molecule has 1 unspecified atom stereocenters. The summed E-state index contributed by atoms with van der Waals surface area (Å²) < 4.78 is 7.35. The number of nitrogens with zero attached hydrogens (tertiary/aromatic N) is 2. The minimum absolute atomic E-state index is 0.103. The van der Waals surface area contributed by atoms with Gasteiger partial charge in [-0.25, -0.2) is 4.68 Å².